The van der Waals surface area contributed by atoms with Crippen LogP contribution in [0.15, 0.2) is 30.5 Å². The number of nitrogens with zero attached hydrogens (tertiary/aromatic N) is 2. The first-order chi connectivity index (χ1) is 13.2. The van der Waals surface area contributed by atoms with E-state index in [0.29, 0.717) is 52.8 Å². The summed E-state index contributed by atoms with van der Waals surface area (Å²) in [5, 5.41) is 6.21. The summed E-state index contributed by atoms with van der Waals surface area (Å²) in [6, 6.07) is 7.30. The van der Waals surface area contributed by atoms with E-state index in [9.17, 15) is 4.79 Å². The van der Waals surface area contributed by atoms with Crippen molar-refractivity contribution < 1.29 is 14.3 Å². The van der Waals surface area contributed by atoms with E-state index >= 15 is 0 Å². The maximum Gasteiger partial charge on any atom is 0.255 e. The molecule has 1 aromatic carbocycles. The molecule has 0 saturated heterocycles. The van der Waals surface area contributed by atoms with Crippen molar-refractivity contribution in [2.45, 2.75) is 6.42 Å². The molecule has 0 spiro atoms. The highest BCUT2D eigenvalue weighted by atomic mass is 16.7. The number of aromatic amines is 1. The van der Waals surface area contributed by atoms with Gasteiger partial charge in [0.2, 0.25) is 12.7 Å². The molecule has 0 aliphatic carbocycles. The van der Waals surface area contributed by atoms with Crippen LogP contribution in [0.4, 0.5) is 17.3 Å². The predicted octanol–water partition coefficient (Wildman–Crippen LogP) is 1.81. The van der Waals surface area contributed by atoms with E-state index in [1.165, 1.54) is 0 Å². The topological polar surface area (TPSA) is 127 Å². The number of H-pyrrole nitrogens is 1. The number of carbonyl (C=O) groups excluding carboxylic acids is 1. The lowest BCUT2D eigenvalue weighted by Crippen LogP contribution is -2.31. The fourth-order valence-electron chi connectivity index (χ4n) is 3.37. The standard InChI is InChI=1S/C18H16N6O3/c19-18-21-7-5-10(24-18)14-15(13-9(22-14)4-6-20-17(13)25)23-11-2-1-3-12-16(11)27-8-26-12/h1-3,5,7,22-23H,4,6,8H2,(H,20,25)(H2,19,21,24). The van der Waals surface area contributed by atoms with E-state index < -0.39 is 0 Å². The van der Waals surface area contributed by atoms with Gasteiger partial charge in [0.15, 0.2) is 11.5 Å². The molecular formula is C18H16N6O3. The molecule has 0 unspecified atom stereocenters. The Morgan fingerprint density at radius 1 is 1.22 bits per heavy atom. The molecule has 3 aromatic rings. The smallest absolute Gasteiger partial charge is 0.255 e. The second-order valence-corrected chi connectivity index (χ2v) is 6.20. The van der Waals surface area contributed by atoms with E-state index in [1.807, 2.05) is 18.2 Å². The summed E-state index contributed by atoms with van der Waals surface area (Å²) in [5.74, 6) is 1.28. The number of carbonyl (C=O) groups is 1. The Bertz CT molecular complexity index is 1060. The summed E-state index contributed by atoms with van der Waals surface area (Å²) >= 11 is 0. The molecule has 0 fully saturated rings. The van der Waals surface area contributed by atoms with Crippen LogP contribution in [0.1, 0.15) is 16.1 Å². The van der Waals surface area contributed by atoms with Crippen LogP contribution in [0.25, 0.3) is 11.4 Å². The maximum atomic E-state index is 12.6. The predicted molar refractivity (Wildman–Crippen MR) is 98.1 cm³/mol. The van der Waals surface area contributed by atoms with E-state index in [0.717, 1.165) is 5.69 Å². The van der Waals surface area contributed by atoms with Crippen molar-refractivity contribution in [3.05, 3.63) is 41.7 Å². The lowest BCUT2D eigenvalue weighted by molar-refractivity contribution is 0.0947. The van der Waals surface area contributed by atoms with Gasteiger partial charge in [-0.25, -0.2) is 9.97 Å². The average Bonchev–Trinajstić information content (AvgIpc) is 3.28. The van der Waals surface area contributed by atoms with Gasteiger partial charge in [0.1, 0.15) is 0 Å². The van der Waals surface area contributed by atoms with Crippen LogP contribution in [0, 0.1) is 0 Å². The third kappa shape index (κ3) is 2.51. The number of para-hydroxylation sites is 1. The number of hydrogen-bond acceptors (Lipinski definition) is 7. The number of ether oxygens (including phenoxy) is 2. The summed E-state index contributed by atoms with van der Waals surface area (Å²) in [6.07, 6.45) is 2.28. The van der Waals surface area contributed by atoms with Crippen molar-refractivity contribution in [2.24, 2.45) is 0 Å². The number of amides is 1. The van der Waals surface area contributed by atoms with E-state index in [4.69, 9.17) is 15.2 Å². The number of rotatable bonds is 3. The largest absolute Gasteiger partial charge is 0.454 e. The summed E-state index contributed by atoms with van der Waals surface area (Å²) in [6.45, 7) is 0.740. The Hall–Kier alpha value is -3.75. The Labute approximate surface area is 153 Å². The van der Waals surface area contributed by atoms with Gasteiger partial charge >= 0.3 is 0 Å². The SMILES string of the molecule is Nc1nccc(-c2[nH]c3c(c2Nc2cccc4c2OCO4)C(=O)NCC3)n1. The summed E-state index contributed by atoms with van der Waals surface area (Å²) < 4.78 is 11.0. The van der Waals surface area contributed by atoms with Gasteiger partial charge in [-0.2, -0.15) is 0 Å². The number of fused-ring (bicyclic) bond motifs is 2. The van der Waals surface area contributed by atoms with Gasteiger partial charge in [-0.3, -0.25) is 4.79 Å². The molecule has 5 rings (SSSR count). The fraction of sp³-hybridized carbons (Fsp3) is 0.167. The Morgan fingerprint density at radius 3 is 3.04 bits per heavy atom. The first kappa shape index (κ1) is 15.5. The first-order valence-corrected chi connectivity index (χ1v) is 8.48. The van der Waals surface area contributed by atoms with Gasteiger partial charge in [0, 0.05) is 24.9 Å². The highest BCUT2D eigenvalue weighted by Crippen LogP contribution is 2.43. The zero-order chi connectivity index (χ0) is 18.4. The van der Waals surface area contributed by atoms with Gasteiger partial charge < -0.3 is 30.8 Å². The molecule has 136 valence electrons. The molecule has 0 bridgehead atoms. The number of nitrogens with two attached hydrogens (primary N) is 1. The first-order valence-electron chi connectivity index (χ1n) is 8.48. The van der Waals surface area contributed by atoms with Crippen molar-refractivity contribution in [2.75, 3.05) is 24.4 Å². The molecule has 9 heteroatoms. The van der Waals surface area contributed by atoms with Gasteiger partial charge in [-0.05, 0) is 18.2 Å². The summed E-state index contributed by atoms with van der Waals surface area (Å²) in [5.41, 5.74) is 9.74. The molecule has 2 aromatic heterocycles. The zero-order valence-corrected chi connectivity index (χ0v) is 14.2. The summed E-state index contributed by atoms with van der Waals surface area (Å²) in [7, 11) is 0. The zero-order valence-electron chi connectivity index (χ0n) is 14.2. The lowest BCUT2D eigenvalue weighted by atomic mass is 10.1. The molecule has 0 saturated carbocycles. The normalized spacial score (nSPS) is 14.6. The summed E-state index contributed by atoms with van der Waals surface area (Å²) in [4.78, 5) is 24.1. The van der Waals surface area contributed by atoms with Crippen molar-refractivity contribution in [1.29, 1.82) is 0 Å². The van der Waals surface area contributed by atoms with E-state index in [1.54, 1.807) is 12.3 Å². The van der Waals surface area contributed by atoms with Gasteiger partial charge in [0.25, 0.3) is 5.91 Å². The fourth-order valence-corrected chi connectivity index (χ4v) is 3.37. The molecule has 0 atom stereocenters. The lowest BCUT2D eigenvalue weighted by Gasteiger charge is -2.15. The van der Waals surface area contributed by atoms with Crippen LogP contribution in [-0.4, -0.2) is 34.2 Å². The molecule has 2 aliphatic heterocycles. The number of aromatic nitrogens is 3. The minimum absolute atomic E-state index is 0.145. The molecule has 9 nitrogen and oxygen atoms in total. The monoisotopic (exact) mass is 364 g/mol. The quantitative estimate of drug-likeness (QED) is 0.558. The van der Waals surface area contributed by atoms with Crippen LogP contribution >= 0.6 is 0 Å². The van der Waals surface area contributed by atoms with Crippen molar-refractivity contribution in [1.82, 2.24) is 20.3 Å². The van der Waals surface area contributed by atoms with Gasteiger partial charge in [-0.1, -0.05) is 6.07 Å². The minimum atomic E-state index is -0.145. The molecule has 0 radical (unpaired) electrons. The van der Waals surface area contributed by atoms with Crippen LogP contribution in [0.3, 0.4) is 0 Å². The van der Waals surface area contributed by atoms with E-state index in [2.05, 4.69) is 25.6 Å². The number of nitrogens with one attached hydrogen (secondary N) is 3. The van der Waals surface area contributed by atoms with Crippen molar-refractivity contribution in [3.63, 3.8) is 0 Å². The number of nitrogen functional groups attached to an aromatic ring is 1. The molecule has 27 heavy (non-hydrogen) atoms. The Balaban J connectivity index is 1.67. The molecular weight excluding hydrogens is 348 g/mol. The number of anilines is 3. The second-order valence-electron chi connectivity index (χ2n) is 6.20. The van der Waals surface area contributed by atoms with Crippen LogP contribution in [0.5, 0.6) is 11.5 Å². The van der Waals surface area contributed by atoms with Crippen molar-refractivity contribution in [3.8, 4) is 22.9 Å². The molecule has 5 N–H and O–H groups in total. The van der Waals surface area contributed by atoms with E-state index in [-0.39, 0.29) is 18.6 Å². The van der Waals surface area contributed by atoms with Crippen LogP contribution < -0.4 is 25.8 Å². The van der Waals surface area contributed by atoms with Crippen LogP contribution in [-0.2, 0) is 6.42 Å². The third-order valence-electron chi connectivity index (χ3n) is 4.55. The number of hydrogen-bond donors (Lipinski definition) is 4. The minimum Gasteiger partial charge on any atom is -0.454 e. The highest BCUT2D eigenvalue weighted by molar-refractivity contribution is 6.06. The molecule has 2 aliphatic rings. The molecule has 4 heterocycles. The third-order valence-corrected chi connectivity index (χ3v) is 4.55. The number of benzene rings is 1. The maximum absolute atomic E-state index is 12.6. The van der Waals surface area contributed by atoms with Crippen LogP contribution in [0.2, 0.25) is 0 Å². The highest BCUT2D eigenvalue weighted by Gasteiger charge is 2.29. The van der Waals surface area contributed by atoms with Gasteiger partial charge in [0.05, 0.1) is 28.3 Å². The Kier molecular flexibility index (Phi) is 3.39. The second kappa shape index (κ2) is 5.90. The van der Waals surface area contributed by atoms with Gasteiger partial charge in [-0.15, -0.1) is 0 Å². The average molecular weight is 364 g/mol. The molecule has 1 amide bonds. The van der Waals surface area contributed by atoms with Crippen molar-refractivity contribution >= 4 is 23.2 Å². The Morgan fingerprint density at radius 2 is 2.15 bits per heavy atom.